The van der Waals surface area contributed by atoms with Crippen LogP contribution in [0.2, 0.25) is 0 Å². The van der Waals surface area contributed by atoms with Gasteiger partial charge >= 0.3 is 0 Å². The highest BCUT2D eigenvalue weighted by Gasteiger charge is 2.21. The van der Waals surface area contributed by atoms with Crippen LogP contribution in [0.3, 0.4) is 0 Å². The molecule has 0 atom stereocenters. The van der Waals surface area contributed by atoms with Crippen molar-refractivity contribution in [2.45, 2.75) is 84.8 Å². The van der Waals surface area contributed by atoms with E-state index in [0.29, 0.717) is 51.4 Å². The van der Waals surface area contributed by atoms with E-state index in [4.69, 9.17) is 14.2 Å². The number of Topliss-reactive ketones (excluding diaryl/α,β-unsaturated/α-hetero) is 1. The Morgan fingerprint density at radius 3 is 2.12 bits per heavy atom. The van der Waals surface area contributed by atoms with E-state index >= 15 is 0 Å². The normalized spacial score (nSPS) is 19.4. The van der Waals surface area contributed by atoms with Gasteiger partial charge in [0.25, 0.3) is 0 Å². The number of nitrogens with one attached hydrogen (secondary N) is 1. The van der Waals surface area contributed by atoms with Gasteiger partial charge in [-0.3, -0.25) is 9.59 Å². The molecule has 0 spiro atoms. The van der Waals surface area contributed by atoms with Crippen molar-refractivity contribution < 1.29 is 23.8 Å². The van der Waals surface area contributed by atoms with Crippen molar-refractivity contribution in [3.05, 3.63) is 0 Å². The van der Waals surface area contributed by atoms with E-state index < -0.39 is 0 Å². The first-order valence-electron chi connectivity index (χ1n) is 10.2. The van der Waals surface area contributed by atoms with Crippen LogP contribution in [0.25, 0.3) is 0 Å². The summed E-state index contributed by atoms with van der Waals surface area (Å²) in [5, 5.41) is 2.81. The van der Waals surface area contributed by atoms with Crippen molar-refractivity contribution in [1.82, 2.24) is 5.32 Å². The topological polar surface area (TPSA) is 73.9 Å². The van der Waals surface area contributed by atoms with Gasteiger partial charge in [-0.05, 0) is 46.0 Å². The van der Waals surface area contributed by atoms with Crippen molar-refractivity contribution in [2.75, 3.05) is 33.0 Å². The largest absolute Gasteiger partial charge is 0.379 e. The van der Waals surface area contributed by atoms with Crippen molar-refractivity contribution >= 4 is 11.7 Å². The number of ketones is 1. The average Bonchev–Trinajstić information content (AvgIpc) is 2.64. The van der Waals surface area contributed by atoms with Crippen LogP contribution in [-0.2, 0) is 23.8 Å². The van der Waals surface area contributed by atoms with Crippen LogP contribution in [-0.4, -0.2) is 56.9 Å². The van der Waals surface area contributed by atoms with E-state index in [1.807, 2.05) is 20.8 Å². The lowest BCUT2D eigenvalue weighted by molar-refractivity contribution is -0.122. The summed E-state index contributed by atoms with van der Waals surface area (Å²) >= 11 is 0. The lowest BCUT2D eigenvalue weighted by Gasteiger charge is -2.28. The summed E-state index contributed by atoms with van der Waals surface area (Å²) in [6, 6.07) is 0. The van der Waals surface area contributed by atoms with E-state index in [-0.39, 0.29) is 11.7 Å². The molecule has 154 valence electrons. The third-order valence-electron chi connectivity index (χ3n) is 4.09. The molecule has 0 saturated heterocycles. The maximum absolute atomic E-state index is 11.7. The van der Waals surface area contributed by atoms with Gasteiger partial charge in [0.05, 0.1) is 25.4 Å². The smallest absolute Gasteiger partial charge is 0.220 e. The van der Waals surface area contributed by atoms with Gasteiger partial charge in [0.2, 0.25) is 5.91 Å². The van der Waals surface area contributed by atoms with Gasteiger partial charge in [0.15, 0.2) is 0 Å². The summed E-state index contributed by atoms with van der Waals surface area (Å²) in [6.45, 7) is 10.3. The molecule has 0 aromatic rings. The highest BCUT2D eigenvalue weighted by atomic mass is 16.5. The molecule has 6 nitrogen and oxygen atoms in total. The molecule has 1 saturated carbocycles. The molecule has 0 heterocycles. The van der Waals surface area contributed by atoms with E-state index in [1.54, 1.807) is 0 Å². The maximum Gasteiger partial charge on any atom is 0.220 e. The van der Waals surface area contributed by atoms with Crippen LogP contribution in [0.15, 0.2) is 0 Å². The molecule has 0 unspecified atom stereocenters. The van der Waals surface area contributed by atoms with Crippen LogP contribution in [0, 0.1) is 0 Å². The summed E-state index contributed by atoms with van der Waals surface area (Å²) in [6.07, 6.45) is 6.61. The molecule has 26 heavy (non-hydrogen) atoms. The van der Waals surface area contributed by atoms with Crippen LogP contribution in [0.5, 0.6) is 0 Å². The Kier molecular flexibility index (Phi) is 16.8. The minimum Gasteiger partial charge on any atom is -0.379 e. The monoisotopic (exact) mass is 373 g/mol. The Morgan fingerprint density at radius 2 is 1.54 bits per heavy atom. The van der Waals surface area contributed by atoms with Crippen molar-refractivity contribution in [3.63, 3.8) is 0 Å². The summed E-state index contributed by atoms with van der Waals surface area (Å²) in [4.78, 5) is 22.4. The molecule has 0 aliphatic heterocycles. The number of carbonyl (C=O) groups excluding carboxylic acids is 2. The molecule has 1 amide bonds. The first-order chi connectivity index (χ1) is 12.6. The molecular weight excluding hydrogens is 334 g/mol. The van der Waals surface area contributed by atoms with E-state index in [2.05, 4.69) is 5.32 Å². The number of hydrogen-bond acceptors (Lipinski definition) is 5. The minimum atomic E-state index is 0.0221. The fourth-order valence-electron chi connectivity index (χ4n) is 2.75. The Hall–Kier alpha value is -0.980. The Morgan fingerprint density at radius 1 is 0.923 bits per heavy atom. The predicted molar refractivity (Wildman–Crippen MR) is 103 cm³/mol. The lowest BCUT2D eigenvalue weighted by Crippen LogP contribution is -2.28. The fourth-order valence-corrected chi connectivity index (χ4v) is 2.75. The van der Waals surface area contributed by atoms with Gasteiger partial charge in [-0.15, -0.1) is 0 Å². The first kappa shape index (κ1) is 25.0. The standard InChI is InChI=1S/C18H33NO5.C2H6/c1-3-23-16-6-8-17(9-7-16)24-12-4-5-18(21)19-11-14-22-13-10-15(2)20;1-2/h16-17H,3-14H2,1-2H3,(H,19,21);1-2H3. The number of ether oxygens (including phenoxy) is 3. The molecule has 1 rings (SSSR count). The van der Waals surface area contributed by atoms with Gasteiger partial charge in [-0.1, -0.05) is 13.8 Å². The average molecular weight is 374 g/mol. The molecule has 6 heteroatoms. The van der Waals surface area contributed by atoms with Gasteiger partial charge in [0, 0.05) is 32.6 Å². The minimum absolute atomic E-state index is 0.0221. The molecule has 1 aliphatic rings. The summed E-state index contributed by atoms with van der Waals surface area (Å²) in [5.41, 5.74) is 0. The van der Waals surface area contributed by atoms with Gasteiger partial charge in [0.1, 0.15) is 5.78 Å². The second-order valence-electron chi connectivity index (χ2n) is 6.24. The Labute approximate surface area is 159 Å². The number of carbonyl (C=O) groups is 2. The summed E-state index contributed by atoms with van der Waals surface area (Å²) in [5.74, 6) is 0.138. The molecule has 0 aromatic heterocycles. The zero-order chi connectivity index (χ0) is 19.6. The SMILES string of the molecule is CC.CCOC1CCC(OCCCC(=O)NCCOCCC(C)=O)CC1. The van der Waals surface area contributed by atoms with Crippen LogP contribution in [0.4, 0.5) is 0 Å². The molecule has 1 fully saturated rings. The molecular formula is C20H39NO5. The second-order valence-corrected chi connectivity index (χ2v) is 6.24. The lowest BCUT2D eigenvalue weighted by atomic mass is 9.95. The van der Waals surface area contributed by atoms with Crippen molar-refractivity contribution in [2.24, 2.45) is 0 Å². The van der Waals surface area contributed by atoms with Gasteiger partial charge < -0.3 is 19.5 Å². The number of hydrogen-bond donors (Lipinski definition) is 1. The fraction of sp³-hybridized carbons (Fsp3) is 0.900. The number of amides is 1. The zero-order valence-corrected chi connectivity index (χ0v) is 17.2. The van der Waals surface area contributed by atoms with E-state index in [0.717, 1.165) is 38.7 Å². The molecule has 0 bridgehead atoms. The quantitative estimate of drug-likeness (QED) is 0.502. The van der Waals surface area contributed by atoms with E-state index in [9.17, 15) is 9.59 Å². The first-order valence-corrected chi connectivity index (χ1v) is 10.2. The molecule has 0 radical (unpaired) electrons. The van der Waals surface area contributed by atoms with Gasteiger partial charge in [-0.25, -0.2) is 0 Å². The maximum atomic E-state index is 11.7. The molecule has 0 aromatic carbocycles. The van der Waals surface area contributed by atoms with Crippen LogP contribution < -0.4 is 5.32 Å². The van der Waals surface area contributed by atoms with Crippen LogP contribution >= 0.6 is 0 Å². The molecule has 1 aliphatic carbocycles. The van der Waals surface area contributed by atoms with Crippen molar-refractivity contribution in [1.29, 1.82) is 0 Å². The van der Waals surface area contributed by atoms with Crippen LogP contribution in [0.1, 0.15) is 72.6 Å². The highest BCUT2D eigenvalue weighted by molar-refractivity contribution is 5.76. The predicted octanol–water partition coefficient (Wildman–Crippen LogP) is 3.27. The zero-order valence-electron chi connectivity index (χ0n) is 17.2. The second kappa shape index (κ2) is 17.4. The highest BCUT2D eigenvalue weighted by Crippen LogP contribution is 2.23. The Balaban J connectivity index is 0.00000301. The number of rotatable bonds is 13. The summed E-state index contributed by atoms with van der Waals surface area (Å²) < 4.78 is 16.7. The molecule has 1 N–H and O–H groups in total. The van der Waals surface area contributed by atoms with E-state index in [1.165, 1.54) is 6.92 Å². The van der Waals surface area contributed by atoms with Gasteiger partial charge in [-0.2, -0.15) is 0 Å². The van der Waals surface area contributed by atoms with Crippen molar-refractivity contribution in [3.8, 4) is 0 Å². The third-order valence-corrected chi connectivity index (χ3v) is 4.09. The third kappa shape index (κ3) is 14.2. The summed E-state index contributed by atoms with van der Waals surface area (Å²) in [7, 11) is 0. The Bertz CT molecular complexity index is 354.